The SMILES string of the molecule is CC(C)(C)OC(=O)NC1([C@H]2CCc3cc(O)ccc3C2)COC(C)(C)OC1. The highest BCUT2D eigenvalue weighted by atomic mass is 16.7. The predicted octanol–water partition coefficient (Wildman–Crippen LogP) is 3.54. The van der Waals surface area contributed by atoms with Crippen molar-refractivity contribution < 1.29 is 24.1 Å². The Morgan fingerprint density at radius 2 is 1.89 bits per heavy atom. The number of rotatable bonds is 2. The van der Waals surface area contributed by atoms with E-state index in [2.05, 4.69) is 5.32 Å². The largest absolute Gasteiger partial charge is 0.508 e. The van der Waals surface area contributed by atoms with E-state index in [-0.39, 0.29) is 5.92 Å². The minimum atomic E-state index is -0.669. The van der Waals surface area contributed by atoms with E-state index >= 15 is 0 Å². The molecule has 1 aromatic carbocycles. The molecule has 2 aliphatic rings. The summed E-state index contributed by atoms with van der Waals surface area (Å²) in [5.41, 5.74) is 1.14. The van der Waals surface area contributed by atoms with Gasteiger partial charge in [0.25, 0.3) is 0 Å². The molecule has 0 bridgehead atoms. The number of hydrogen-bond donors (Lipinski definition) is 2. The van der Waals surface area contributed by atoms with Crippen LogP contribution < -0.4 is 5.32 Å². The Morgan fingerprint density at radius 1 is 1.22 bits per heavy atom. The first-order valence-electron chi connectivity index (χ1n) is 9.58. The lowest BCUT2D eigenvalue weighted by molar-refractivity contribution is -0.277. The van der Waals surface area contributed by atoms with Crippen molar-refractivity contribution in [2.75, 3.05) is 13.2 Å². The van der Waals surface area contributed by atoms with Crippen LogP contribution in [0, 0.1) is 5.92 Å². The molecule has 6 heteroatoms. The van der Waals surface area contributed by atoms with Crippen LogP contribution in [0.1, 0.15) is 52.2 Å². The predicted molar refractivity (Wildman–Crippen MR) is 102 cm³/mol. The molecule has 0 aromatic heterocycles. The highest BCUT2D eigenvalue weighted by Gasteiger charge is 2.48. The average Bonchev–Trinajstić information content (AvgIpc) is 2.55. The van der Waals surface area contributed by atoms with Gasteiger partial charge in [0.1, 0.15) is 11.4 Å². The molecule has 1 amide bonds. The fourth-order valence-electron chi connectivity index (χ4n) is 3.82. The van der Waals surface area contributed by atoms with Gasteiger partial charge in [0, 0.05) is 0 Å². The molecule has 6 nitrogen and oxygen atoms in total. The van der Waals surface area contributed by atoms with Crippen LogP contribution in [0.2, 0.25) is 0 Å². The second-order valence-corrected chi connectivity index (χ2v) is 9.15. The molecule has 1 atom stereocenters. The van der Waals surface area contributed by atoms with Gasteiger partial charge in [-0.25, -0.2) is 4.79 Å². The number of carbonyl (C=O) groups is 1. The van der Waals surface area contributed by atoms with Gasteiger partial charge in [-0.1, -0.05) is 6.07 Å². The minimum Gasteiger partial charge on any atom is -0.508 e. The zero-order chi connectivity index (χ0) is 19.9. The van der Waals surface area contributed by atoms with E-state index in [9.17, 15) is 9.90 Å². The molecule has 3 rings (SSSR count). The first kappa shape index (κ1) is 20.0. The molecule has 1 fully saturated rings. The maximum Gasteiger partial charge on any atom is 0.408 e. The number of amides is 1. The van der Waals surface area contributed by atoms with Crippen molar-refractivity contribution in [2.45, 2.75) is 70.8 Å². The van der Waals surface area contributed by atoms with Gasteiger partial charge in [0.2, 0.25) is 0 Å². The van der Waals surface area contributed by atoms with Gasteiger partial charge >= 0.3 is 6.09 Å². The molecule has 1 saturated heterocycles. The summed E-state index contributed by atoms with van der Waals surface area (Å²) in [5, 5.41) is 12.8. The van der Waals surface area contributed by atoms with Gasteiger partial charge in [-0.15, -0.1) is 0 Å². The third-order valence-electron chi connectivity index (χ3n) is 5.30. The van der Waals surface area contributed by atoms with Crippen LogP contribution in [0.4, 0.5) is 4.79 Å². The molecule has 1 aliphatic heterocycles. The van der Waals surface area contributed by atoms with E-state index in [1.54, 1.807) is 6.07 Å². The first-order chi connectivity index (χ1) is 12.5. The summed E-state index contributed by atoms with van der Waals surface area (Å²) in [5.74, 6) is -0.227. The molecule has 27 heavy (non-hydrogen) atoms. The zero-order valence-corrected chi connectivity index (χ0v) is 16.9. The van der Waals surface area contributed by atoms with Gasteiger partial charge in [-0.3, -0.25) is 0 Å². The second-order valence-electron chi connectivity index (χ2n) is 9.15. The van der Waals surface area contributed by atoms with E-state index in [0.29, 0.717) is 19.0 Å². The van der Waals surface area contributed by atoms with Crippen LogP contribution in [0.25, 0.3) is 0 Å². The smallest absolute Gasteiger partial charge is 0.408 e. The summed E-state index contributed by atoms with van der Waals surface area (Å²) in [7, 11) is 0. The van der Waals surface area contributed by atoms with Crippen molar-refractivity contribution in [2.24, 2.45) is 5.92 Å². The van der Waals surface area contributed by atoms with Crippen LogP contribution in [0.5, 0.6) is 5.75 Å². The molecule has 2 N–H and O–H groups in total. The second kappa shape index (κ2) is 6.99. The molecule has 150 valence electrons. The van der Waals surface area contributed by atoms with E-state index < -0.39 is 23.0 Å². The van der Waals surface area contributed by atoms with Crippen LogP contribution in [-0.2, 0) is 27.1 Å². The molecule has 1 heterocycles. The van der Waals surface area contributed by atoms with E-state index in [4.69, 9.17) is 14.2 Å². The quantitative estimate of drug-likeness (QED) is 0.824. The number of phenols is 1. The Bertz CT molecular complexity index is 697. The lowest BCUT2D eigenvalue weighted by atomic mass is 9.72. The van der Waals surface area contributed by atoms with E-state index in [1.165, 1.54) is 5.56 Å². The minimum absolute atomic E-state index is 0.151. The molecule has 0 unspecified atom stereocenters. The Morgan fingerprint density at radius 3 is 2.52 bits per heavy atom. The maximum atomic E-state index is 12.5. The summed E-state index contributed by atoms with van der Waals surface area (Å²) in [6.07, 6.45) is 2.05. The Balaban J connectivity index is 1.82. The van der Waals surface area contributed by atoms with Crippen LogP contribution >= 0.6 is 0 Å². The van der Waals surface area contributed by atoms with Crippen molar-refractivity contribution in [1.29, 1.82) is 0 Å². The number of alkyl carbamates (subject to hydrolysis) is 1. The van der Waals surface area contributed by atoms with Crippen molar-refractivity contribution in [3.8, 4) is 5.75 Å². The van der Waals surface area contributed by atoms with Crippen LogP contribution in [-0.4, -0.2) is 41.3 Å². The standard InChI is InChI=1S/C21H31NO5/c1-19(2,3)27-18(24)22-21(12-25-20(4,5)26-13-21)16-8-6-15-11-17(23)9-7-14(15)10-16/h7,9,11,16,23H,6,8,10,12-13H2,1-5H3,(H,22,24)/t16-/m0/s1. The van der Waals surface area contributed by atoms with Crippen molar-refractivity contribution in [3.05, 3.63) is 29.3 Å². The zero-order valence-electron chi connectivity index (χ0n) is 16.9. The van der Waals surface area contributed by atoms with Gasteiger partial charge in [-0.2, -0.15) is 0 Å². The number of aromatic hydroxyl groups is 1. The molecule has 0 spiro atoms. The van der Waals surface area contributed by atoms with Gasteiger partial charge in [0.05, 0.1) is 18.8 Å². The van der Waals surface area contributed by atoms with Crippen molar-refractivity contribution >= 4 is 6.09 Å². The highest BCUT2D eigenvalue weighted by molar-refractivity contribution is 5.69. The summed E-state index contributed by atoms with van der Waals surface area (Å²) in [6, 6.07) is 5.51. The van der Waals surface area contributed by atoms with Gasteiger partial charge in [0.15, 0.2) is 5.79 Å². The summed E-state index contributed by atoms with van der Waals surface area (Å²) >= 11 is 0. The topological polar surface area (TPSA) is 77.0 Å². The Kier molecular flexibility index (Phi) is 5.16. The third-order valence-corrected chi connectivity index (χ3v) is 5.30. The van der Waals surface area contributed by atoms with E-state index in [0.717, 1.165) is 24.8 Å². The fourth-order valence-corrected chi connectivity index (χ4v) is 3.82. The number of nitrogens with one attached hydrogen (secondary N) is 1. The molecular weight excluding hydrogens is 346 g/mol. The maximum absolute atomic E-state index is 12.5. The molecule has 1 aromatic rings. The number of carbonyl (C=O) groups excluding carboxylic acids is 1. The lowest BCUT2D eigenvalue weighted by Crippen LogP contribution is -2.66. The van der Waals surface area contributed by atoms with E-state index in [1.807, 2.05) is 46.8 Å². The van der Waals surface area contributed by atoms with Gasteiger partial charge in [-0.05, 0) is 83.1 Å². The normalized spacial score (nSPS) is 24.0. The van der Waals surface area contributed by atoms with Crippen LogP contribution in [0.3, 0.4) is 0 Å². The number of phenolic OH excluding ortho intramolecular Hbond substituents is 1. The summed E-state index contributed by atoms with van der Waals surface area (Å²) < 4.78 is 17.4. The van der Waals surface area contributed by atoms with Crippen molar-refractivity contribution in [3.63, 3.8) is 0 Å². The highest BCUT2D eigenvalue weighted by Crippen LogP contribution is 2.38. The third kappa shape index (κ3) is 4.74. The molecule has 0 radical (unpaired) electrons. The number of hydrogen-bond acceptors (Lipinski definition) is 5. The first-order valence-corrected chi connectivity index (χ1v) is 9.58. The summed E-state index contributed by atoms with van der Waals surface area (Å²) in [4.78, 5) is 12.5. The summed E-state index contributed by atoms with van der Waals surface area (Å²) in [6.45, 7) is 10.0. The lowest BCUT2D eigenvalue weighted by Gasteiger charge is -2.49. The number of fused-ring (bicyclic) bond motifs is 1. The number of benzene rings is 1. The average molecular weight is 377 g/mol. The molecule has 0 saturated carbocycles. The fraction of sp³-hybridized carbons (Fsp3) is 0.667. The molecule has 1 aliphatic carbocycles. The van der Waals surface area contributed by atoms with Crippen LogP contribution in [0.15, 0.2) is 18.2 Å². The Hall–Kier alpha value is -1.79. The monoisotopic (exact) mass is 377 g/mol. The number of aryl methyl sites for hydroxylation is 1. The van der Waals surface area contributed by atoms with Gasteiger partial charge < -0.3 is 24.6 Å². The van der Waals surface area contributed by atoms with Crippen molar-refractivity contribution in [1.82, 2.24) is 5.32 Å². The Labute approximate surface area is 161 Å². The molecular formula is C21H31NO5. The number of ether oxygens (including phenoxy) is 3.